The van der Waals surface area contributed by atoms with Gasteiger partial charge in [-0.2, -0.15) is 11.8 Å². The predicted octanol–water partition coefficient (Wildman–Crippen LogP) is 1.93. The normalized spacial score (nSPS) is 17.6. The number of hydrogen-bond acceptors (Lipinski definition) is 2. The SMILES string of the molecule is CCCCNC(=O)N1CCCSCC1. The fourth-order valence-electron chi connectivity index (χ4n) is 1.43. The van der Waals surface area contributed by atoms with E-state index < -0.39 is 0 Å². The van der Waals surface area contributed by atoms with Crippen molar-refractivity contribution in [2.45, 2.75) is 26.2 Å². The van der Waals surface area contributed by atoms with Gasteiger partial charge in [-0.3, -0.25) is 0 Å². The van der Waals surface area contributed by atoms with Gasteiger partial charge in [-0.05, 0) is 18.6 Å². The van der Waals surface area contributed by atoms with Gasteiger partial charge in [-0.15, -0.1) is 0 Å². The number of unbranched alkanes of at least 4 members (excludes halogenated alkanes) is 1. The first-order valence-corrected chi connectivity index (χ1v) is 6.60. The lowest BCUT2D eigenvalue weighted by atomic mass is 10.3. The second kappa shape index (κ2) is 6.98. The van der Waals surface area contributed by atoms with E-state index in [9.17, 15) is 4.79 Å². The standard InChI is InChI=1S/C10H20N2OS/c1-2-3-5-11-10(13)12-6-4-8-14-9-7-12/h2-9H2,1H3,(H,11,13). The molecule has 2 amide bonds. The molecular formula is C10H20N2OS. The number of urea groups is 1. The van der Waals surface area contributed by atoms with E-state index in [2.05, 4.69) is 12.2 Å². The molecule has 0 unspecified atom stereocenters. The fraction of sp³-hybridized carbons (Fsp3) is 0.900. The van der Waals surface area contributed by atoms with Crippen LogP contribution < -0.4 is 5.32 Å². The van der Waals surface area contributed by atoms with Gasteiger partial charge in [0.05, 0.1) is 0 Å². The molecule has 4 heteroatoms. The van der Waals surface area contributed by atoms with Gasteiger partial charge in [0, 0.05) is 25.4 Å². The minimum absolute atomic E-state index is 0.126. The van der Waals surface area contributed by atoms with Crippen LogP contribution in [0.15, 0.2) is 0 Å². The van der Waals surface area contributed by atoms with E-state index in [1.165, 1.54) is 5.75 Å². The zero-order valence-corrected chi connectivity index (χ0v) is 9.74. The van der Waals surface area contributed by atoms with Gasteiger partial charge in [0.25, 0.3) is 0 Å². The molecule has 1 N–H and O–H groups in total. The summed E-state index contributed by atoms with van der Waals surface area (Å²) in [6, 6.07) is 0.126. The number of nitrogens with zero attached hydrogens (tertiary/aromatic N) is 1. The zero-order valence-electron chi connectivity index (χ0n) is 8.92. The van der Waals surface area contributed by atoms with Gasteiger partial charge < -0.3 is 10.2 Å². The van der Waals surface area contributed by atoms with Crippen LogP contribution in [0.3, 0.4) is 0 Å². The lowest BCUT2D eigenvalue weighted by Crippen LogP contribution is -2.41. The van der Waals surface area contributed by atoms with Crippen molar-refractivity contribution in [2.75, 3.05) is 31.1 Å². The second-order valence-corrected chi connectivity index (χ2v) is 4.76. The van der Waals surface area contributed by atoms with E-state index in [1.54, 1.807) is 0 Å². The average Bonchev–Trinajstić information content (AvgIpc) is 2.46. The van der Waals surface area contributed by atoms with E-state index in [1.807, 2.05) is 16.7 Å². The van der Waals surface area contributed by atoms with Crippen LogP contribution in [0.2, 0.25) is 0 Å². The number of rotatable bonds is 3. The number of amides is 2. The summed E-state index contributed by atoms with van der Waals surface area (Å²) < 4.78 is 0. The molecule has 0 spiro atoms. The van der Waals surface area contributed by atoms with Crippen LogP contribution in [0.5, 0.6) is 0 Å². The highest BCUT2D eigenvalue weighted by Crippen LogP contribution is 2.09. The molecule has 14 heavy (non-hydrogen) atoms. The third kappa shape index (κ3) is 4.22. The van der Waals surface area contributed by atoms with E-state index in [4.69, 9.17) is 0 Å². The molecule has 0 aromatic heterocycles. The third-order valence-corrected chi connectivity index (χ3v) is 3.36. The monoisotopic (exact) mass is 216 g/mol. The molecule has 1 aliphatic rings. The van der Waals surface area contributed by atoms with Gasteiger partial charge >= 0.3 is 6.03 Å². The molecule has 3 nitrogen and oxygen atoms in total. The quantitative estimate of drug-likeness (QED) is 0.731. The highest BCUT2D eigenvalue weighted by Gasteiger charge is 2.14. The van der Waals surface area contributed by atoms with Gasteiger partial charge in [0.15, 0.2) is 0 Å². The van der Waals surface area contributed by atoms with Gasteiger partial charge in [-0.1, -0.05) is 13.3 Å². The molecule has 0 aromatic rings. The van der Waals surface area contributed by atoms with Crippen LogP contribution in [-0.4, -0.2) is 42.1 Å². The highest BCUT2D eigenvalue weighted by molar-refractivity contribution is 7.99. The molecule has 1 saturated heterocycles. The average molecular weight is 216 g/mol. The number of nitrogens with one attached hydrogen (secondary N) is 1. The van der Waals surface area contributed by atoms with Crippen LogP contribution in [0.25, 0.3) is 0 Å². The summed E-state index contributed by atoms with van der Waals surface area (Å²) in [6.45, 7) is 4.78. The summed E-state index contributed by atoms with van der Waals surface area (Å²) >= 11 is 1.94. The highest BCUT2D eigenvalue weighted by atomic mass is 32.2. The molecule has 0 aliphatic carbocycles. The van der Waals surface area contributed by atoms with Crippen LogP contribution in [0, 0.1) is 0 Å². The van der Waals surface area contributed by atoms with Crippen molar-refractivity contribution in [2.24, 2.45) is 0 Å². The van der Waals surface area contributed by atoms with Crippen molar-refractivity contribution in [1.82, 2.24) is 10.2 Å². The summed E-state index contributed by atoms with van der Waals surface area (Å²) in [5, 5.41) is 2.96. The Kier molecular flexibility index (Phi) is 5.83. The van der Waals surface area contributed by atoms with Crippen molar-refractivity contribution in [1.29, 1.82) is 0 Å². The van der Waals surface area contributed by atoms with E-state index in [-0.39, 0.29) is 6.03 Å². The zero-order chi connectivity index (χ0) is 10.2. The van der Waals surface area contributed by atoms with Gasteiger partial charge in [-0.25, -0.2) is 4.79 Å². The predicted molar refractivity (Wildman–Crippen MR) is 61.8 cm³/mol. The van der Waals surface area contributed by atoms with Gasteiger partial charge in [0.1, 0.15) is 0 Å². The Morgan fingerprint density at radius 3 is 3.07 bits per heavy atom. The van der Waals surface area contributed by atoms with Crippen LogP contribution >= 0.6 is 11.8 Å². The maximum Gasteiger partial charge on any atom is 0.317 e. The van der Waals surface area contributed by atoms with Crippen molar-refractivity contribution in [3.8, 4) is 0 Å². The Morgan fingerprint density at radius 1 is 1.43 bits per heavy atom. The molecule has 0 aromatic carbocycles. The molecule has 82 valence electrons. The first-order chi connectivity index (χ1) is 6.84. The molecule has 0 radical (unpaired) electrons. The van der Waals surface area contributed by atoms with Crippen LogP contribution in [-0.2, 0) is 0 Å². The number of hydrogen-bond donors (Lipinski definition) is 1. The molecule has 1 rings (SSSR count). The topological polar surface area (TPSA) is 32.3 Å². The molecule has 1 fully saturated rings. The van der Waals surface area contributed by atoms with E-state index in [0.717, 1.165) is 44.6 Å². The minimum Gasteiger partial charge on any atom is -0.338 e. The molecule has 1 aliphatic heterocycles. The Balaban J connectivity index is 2.20. The van der Waals surface area contributed by atoms with Gasteiger partial charge in [0.2, 0.25) is 0 Å². The number of thioether (sulfide) groups is 1. The van der Waals surface area contributed by atoms with Crippen molar-refractivity contribution in [3.05, 3.63) is 0 Å². The largest absolute Gasteiger partial charge is 0.338 e. The maximum atomic E-state index is 11.6. The van der Waals surface area contributed by atoms with Crippen molar-refractivity contribution < 1.29 is 4.79 Å². The fourth-order valence-corrected chi connectivity index (χ4v) is 2.32. The molecule has 1 heterocycles. The smallest absolute Gasteiger partial charge is 0.317 e. The Hall–Kier alpha value is -0.380. The minimum atomic E-state index is 0.126. The lowest BCUT2D eigenvalue weighted by molar-refractivity contribution is 0.202. The Bertz CT molecular complexity index is 168. The number of carbonyl (C=O) groups excluding carboxylic acids is 1. The molecule has 0 atom stereocenters. The Morgan fingerprint density at radius 2 is 2.29 bits per heavy atom. The van der Waals surface area contributed by atoms with E-state index >= 15 is 0 Å². The Labute approximate surface area is 90.6 Å². The summed E-state index contributed by atoms with van der Waals surface area (Å²) in [6.07, 6.45) is 3.34. The van der Waals surface area contributed by atoms with Crippen LogP contribution in [0.4, 0.5) is 4.79 Å². The summed E-state index contributed by atoms with van der Waals surface area (Å²) in [5.74, 6) is 2.28. The van der Waals surface area contributed by atoms with Crippen molar-refractivity contribution in [3.63, 3.8) is 0 Å². The third-order valence-electron chi connectivity index (χ3n) is 2.32. The lowest BCUT2D eigenvalue weighted by Gasteiger charge is -2.20. The summed E-state index contributed by atoms with van der Waals surface area (Å²) in [4.78, 5) is 13.6. The van der Waals surface area contributed by atoms with E-state index in [0.29, 0.717) is 0 Å². The van der Waals surface area contributed by atoms with Crippen LogP contribution in [0.1, 0.15) is 26.2 Å². The molecule has 0 saturated carbocycles. The maximum absolute atomic E-state index is 11.6. The molecule has 0 bridgehead atoms. The van der Waals surface area contributed by atoms with Crippen molar-refractivity contribution >= 4 is 17.8 Å². The summed E-state index contributed by atoms with van der Waals surface area (Å²) in [5.41, 5.74) is 0. The number of carbonyl (C=O) groups is 1. The first kappa shape index (κ1) is 11.7. The first-order valence-electron chi connectivity index (χ1n) is 5.45. The summed E-state index contributed by atoms with van der Waals surface area (Å²) in [7, 11) is 0. The molecular weight excluding hydrogens is 196 g/mol. The second-order valence-electron chi connectivity index (χ2n) is 3.54.